The minimum atomic E-state index is -1.01. The summed E-state index contributed by atoms with van der Waals surface area (Å²) in [6.45, 7) is 7.74. The van der Waals surface area contributed by atoms with Crippen molar-refractivity contribution in [2.45, 2.75) is 44.5 Å². The van der Waals surface area contributed by atoms with Gasteiger partial charge in [0.15, 0.2) is 11.4 Å². The van der Waals surface area contributed by atoms with Gasteiger partial charge >= 0.3 is 0 Å². The van der Waals surface area contributed by atoms with Gasteiger partial charge in [-0.2, -0.15) is 0 Å². The molecule has 3 aliphatic rings. The third kappa shape index (κ3) is 1.42. The molecule has 1 saturated carbocycles. The molecule has 0 unspecified atom stereocenters. The number of hydrogen-bond acceptors (Lipinski definition) is 4. The first kappa shape index (κ1) is 13.0. The van der Waals surface area contributed by atoms with Gasteiger partial charge in [0.05, 0.1) is 12.7 Å². The zero-order chi connectivity index (χ0) is 14.0. The van der Waals surface area contributed by atoms with Gasteiger partial charge in [-0.3, -0.25) is 4.79 Å². The van der Waals surface area contributed by atoms with E-state index in [2.05, 4.69) is 20.4 Å². The highest BCUT2D eigenvalue weighted by Crippen LogP contribution is 2.63. The van der Waals surface area contributed by atoms with Crippen molar-refractivity contribution in [1.82, 2.24) is 0 Å². The van der Waals surface area contributed by atoms with E-state index in [9.17, 15) is 15.0 Å². The molecule has 2 N–H and O–H groups in total. The lowest BCUT2D eigenvalue weighted by Crippen LogP contribution is -2.49. The number of rotatable bonds is 2. The molecular formula is C15H20O4. The molecule has 0 spiro atoms. The van der Waals surface area contributed by atoms with Crippen LogP contribution in [0.1, 0.15) is 26.7 Å². The highest BCUT2D eigenvalue weighted by molar-refractivity contribution is 6.04. The van der Waals surface area contributed by atoms with Crippen LogP contribution in [0.5, 0.6) is 0 Å². The van der Waals surface area contributed by atoms with Crippen LogP contribution in [0.2, 0.25) is 0 Å². The Kier molecular flexibility index (Phi) is 2.59. The van der Waals surface area contributed by atoms with E-state index in [1.165, 1.54) is 0 Å². The molecule has 0 bridgehead atoms. The fourth-order valence-electron chi connectivity index (χ4n) is 3.88. The topological polar surface area (TPSA) is 70.1 Å². The summed E-state index contributed by atoms with van der Waals surface area (Å²) in [6.07, 6.45) is 2.24. The van der Waals surface area contributed by atoms with Crippen molar-refractivity contribution in [3.8, 4) is 0 Å². The van der Waals surface area contributed by atoms with E-state index in [-0.39, 0.29) is 35.9 Å². The maximum Gasteiger partial charge on any atom is 0.194 e. The summed E-state index contributed by atoms with van der Waals surface area (Å²) < 4.78 is 5.77. The van der Waals surface area contributed by atoms with E-state index in [0.29, 0.717) is 18.4 Å². The molecular weight excluding hydrogens is 244 g/mol. The van der Waals surface area contributed by atoms with Crippen molar-refractivity contribution in [1.29, 1.82) is 0 Å². The first-order chi connectivity index (χ1) is 8.87. The van der Waals surface area contributed by atoms with Crippen LogP contribution < -0.4 is 0 Å². The number of ether oxygens (including phenoxy) is 1. The molecule has 1 heterocycles. The standard InChI is InChI=1S/C15H20O4/c1-8-4-11(17)5-10-6-12(18)15(9(2)7-16)13(19-15)14(8,10)3/h6,8,11,13,16-17H,2,4-5,7H2,1,3H3/t8-,11+,13+,14+,15-/m0/s1. The zero-order valence-electron chi connectivity index (χ0n) is 11.3. The quantitative estimate of drug-likeness (QED) is 0.576. The lowest BCUT2D eigenvalue weighted by atomic mass is 9.57. The first-order valence-electron chi connectivity index (χ1n) is 6.77. The Bertz CT molecular complexity index is 494. The van der Waals surface area contributed by atoms with Gasteiger partial charge in [-0.1, -0.05) is 26.0 Å². The number of aliphatic hydroxyl groups is 2. The summed E-state index contributed by atoms with van der Waals surface area (Å²) in [4.78, 5) is 12.3. The number of epoxide rings is 1. The first-order valence-corrected chi connectivity index (χ1v) is 6.77. The highest BCUT2D eigenvalue weighted by Gasteiger charge is 2.73. The Hall–Kier alpha value is -0.970. The van der Waals surface area contributed by atoms with Gasteiger partial charge in [0.1, 0.15) is 6.10 Å². The molecule has 1 aliphatic heterocycles. The SMILES string of the molecule is C=C(CO)[C@@]12O[C@@H]1[C@@]1(C)C(=CC2=O)C[C@H](O)C[C@@H]1C. The number of ketones is 1. The summed E-state index contributed by atoms with van der Waals surface area (Å²) in [6, 6.07) is 0. The van der Waals surface area contributed by atoms with Crippen molar-refractivity contribution in [2.24, 2.45) is 11.3 Å². The molecule has 5 atom stereocenters. The molecule has 0 aromatic heterocycles. The molecule has 104 valence electrons. The van der Waals surface area contributed by atoms with E-state index >= 15 is 0 Å². The van der Waals surface area contributed by atoms with Crippen LogP contribution in [0.25, 0.3) is 0 Å². The van der Waals surface area contributed by atoms with Gasteiger partial charge in [0.25, 0.3) is 0 Å². The normalized spacial score (nSPS) is 48.1. The number of carbonyl (C=O) groups is 1. The molecule has 0 radical (unpaired) electrons. The number of fused-ring (bicyclic) bond motifs is 3. The second-order valence-corrected chi connectivity index (χ2v) is 6.31. The summed E-state index contributed by atoms with van der Waals surface area (Å²) >= 11 is 0. The molecule has 4 nitrogen and oxygen atoms in total. The third-order valence-electron chi connectivity index (χ3n) is 5.34. The van der Waals surface area contributed by atoms with Crippen molar-refractivity contribution >= 4 is 5.78 Å². The monoisotopic (exact) mass is 264 g/mol. The van der Waals surface area contributed by atoms with Gasteiger partial charge in [-0.05, 0) is 30.4 Å². The van der Waals surface area contributed by atoms with E-state index in [1.807, 2.05) is 0 Å². The second kappa shape index (κ2) is 3.78. The van der Waals surface area contributed by atoms with Crippen LogP contribution in [0.4, 0.5) is 0 Å². The fraction of sp³-hybridized carbons (Fsp3) is 0.667. The molecule has 2 fully saturated rings. The van der Waals surface area contributed by atoms with E-state index in [0.717, 1.165) is 5.57 Å². The average molecular weight is 264 g/mol. The van der Waals surface area contributed by atoms with Crippen molar-refractivity contribution < 1.29 is 19.7 Å². The largest absolute Gasteiger partial charge is 0.393 e. The summed E-state index contributed by atoms with van der Waals surface area (Å²) in [5.74, 6) is 0.0966. The van der Waals surface area contributed by atoms with Crippen LogP contribution in [0.15, 0.2) is 23.8 Å². The van der Waals surface area contributed by atoms with E-state index < -0.39 is 5.60 Å². The highest BCUT2D eigenvalue weighted by atomic mass is 16.6. The lowest BCUT2D eigenvalue weighted by molar-refractivity contribution is -0.119. The van der Waals surface area contributed by atoms with Gasteiger partial charge < -0.3 is 14.9 Å². The fourth-order valence-corrected chi connectivity index (χ4v) is 3.88. The van der Waals surface area contributed by atoms with Gasteiger partial charge in [-0.25, -0.2) is 0 Å². The molecule has 1 saturated heterocycles. The lowest BCUT2D eigenvalue weighted by Gasteiger charge is -2.45. The summed E-state index contributed by atoms with van der Waals surface area (Å²) in [5.41, 5.74) is 0.166. The zero-order valence-corrected chi connectivity index (χ0v) is 11.3. The Morgan fingerprint density at radius 2 is 2.32 bits per heavy atom. The Labute approximate surface area is 112 Å². The van der Waals surface area contributed by atoms with Gasteiger partial charge in [-0.15, -0.1) is 0 Å². The van der Waals surface area contributed by atoms with Crippen LogP contribution in [0, 0.1) is 11.3 Å². The number of hydrogen-bond donors (Lipinski definition) is 2. The minimum Gasteiger partial charge on any atom is -0.393 e. The van der Waals surface area contributed by atoms with Crippen molar-refractivity contribution in [2.75, 3.05) is 6.61 Å². The van der Waals surface area contributed by atoms with E-state index in [1.54, 1.807) is 6.08 Å². The molecule has 19 heavy (non-hydrogen) atoms. The minimum absolute atomic E-state index is 0.134. The maximum absolute atomic E-state index is 12.3. The predicted molar refractivity (Wildman–Crippen MR) is 69.4 cm³/mol. The molecule has 3 rings (SSSR count). The molecule has 0 amide bonds. The summed E-state index contributed by atoms with van der Waals surface area (Å²) in [5, 5.41) is 19.2. The van der Waals surface area contributed by atoms with Gasteiger partial charge in [0, 0.05) is 5.41 Å². The number of carbonyl (C=O) groups excluding carboxylic acids is 1. The van der Waals surface area contributed by atoms with E-state index in [4.69, 9.17) is 4.74 Å². The Morgan fingerprint density at radius 1 is 1.63 bits per heavy atom. The van der Waals surface area contributed by atoms with Crippen LogP contribution in [0.3, 0.4) is 0 Å². The maximum atomic E-state index is 12.3. The summed E-state index contributed by atoms with van der Waals surface area (Å²) in [7, 11) is 0. The third-order valence-corrected chi connectivity index (χ3v) is 5.34. The Balaban J connectivity index is 2.06. The second-order valence-electron chi connectivity index (χ2n) is 6.31. The molecule has 0 aromatic rings. The Morgan fingerprint density at radius 3 is 2.95 bits per heavy atom. The molecule has 4 heteroatoms. The van der Waals surface area contributed by atoms with Crippen LogP contribution in [-0.2, 0) is 9.53 Å². The smallest absolute Gasteiger partial charge is 0.194 e. The predicted octanol–water partition coefficient (Wildman–Crippen LogP) is 0.979. The number of aliphatic hydroxyl groups excluding tert-OH is 2. The van der Waals surface area contributed by atoms with Gasteiger partial charge in [0.2, 0.25) is 0 Å². The van der Waals surface area contributed by atoms with Crippen molar-refractivity contribution in [3.05, 3.63) is 23.8 Å². The van der Waals surface area contributed by atoms with Crippen molar-refractivity contribution in [3.63, 3.8) is 0 Å². The molecule has 2 aliphatic carbocycles. The average Bonchev–Trinajstić information content (AvgIpc) is 3.11. The van der Waals surface area contributed by atoms with Crippen LogP contribution >= 0.6 is 0 Å². The van der Waals surface area contributed by atoms with Crippen LogP contribution in [-0.4, -0.2) is 40.4 Å². The molecule has 0 aromatic carbocycles.